The van der Waals surface area contributed by atoms with Gasteiger partial charge in [0, 0.05) is 23.7 Å². The molecule has 2 amide bonds. The lowest BCUT2D eigenvalue weighted by Crippen LogP contribution is -2.64. The van der Waals surface area contributed by atoms with Gasteiger partial charge in [-0.3, -0.25) is 9.59 Å². The Labute approximate surface area is 205 Å². The van der Waals surface area contributed by atoms with E-state index in [-0.39, 0.29) is 24.4 Å². The molecular formula is C27H33N3O5. The number of ether oxygens (including phenoxy) is 2. The lowest BCUT2D eigenvalue weighted by atomic mass is 9.92. The fraction of sp³-hybridized carbons (Fsp3) is 0.481. The van der Waals surface area contributed by atoms with Gasteiger partial charge >= 0.3 is 0 Å². The third-order valence-electron chi connectivity index (χ3n) is 7.54. The highest BCUT2D eigenvalue weighted by Crippen LogP contribution is 2.37. The van der Waals surface area contributed by atoms with Crippen LogP contribution in [0.25, 0.3) is 11.1 Å². The van der Waals surface area contributed by atoms with Gasteiger partial charge in [0.25, 0.3) is 5.91 Å². The van der Waals surface area contributed by atoms with Crippen molar-refractivity contribution in [3.63, 3.8) is 0 Å². The fourth-order valence-electron chi connectivity index (χ4n) is 5.53. The van der Waals surface area contributed by atoms with Gasteiger partial charge < -0.3 is 28.7 Å². The minimum Gasteiger partial charge on any atom is -0.493 e. The number of rotatable bonds is 6. The van der Waals surface area contributed by atoms with E-state index in [2.05, 4.69) is 5.32 Å². The summed E-state index contributed by atoms with van der Waals surface area (Å²) in [6.45, 7) is 2.40. The molecule has 1 aliphatic heterocycles. The van der Waals surface area contributed by atoms with Crippen molar-refractivity contribution < 1.29 is 23.5 Å². The van der Waals surface area contributed by atoms with Gasteiger partial charge in [0.1, 0.15) is 11.2 Å². The predicted molar refractivity (Wildman–Crippen MR) is 132 cm³/mol. The molecule has 1 saturated carbocycles. The first-order valence-electron chi connectivity index (χ1n) is 12.4. The second-order valence-corrected chi connectivity index (χ2v) is 9.77. The Bertz CT molecular complexity index is 1240. The van der Waals surface area contributed by atoms with Gasteiger partial charge in [0.05, 0.1) is 39.1 Å². The molecule has 0 spiro atoms. The number of hydrogen-bond donors (Lipinski definition) is 1. The monoisotopic (exact) mass is 479 g/mol. The van der Waals surface area contributed by atoms with E-state index in [0.29, 0.717) is 29.3 Å². The number of methoxy groups -OCH3 is 2. The molecule has 2 aromatic heterocycles. The van der Waals surface area contributed by atoms with Crippen LogP contribution in [0.2, 0.25) is 0 Å². The molecule has 8 heteroatoms. The molecule has 1 fully saturated rings. The highest BCUT2D eigenvalue weighted by atomic mass is 16.5. The van der Waals surface area contributed by atoms with E-state index in [1.54, 1.807) is 31.4 Å². The summed E-state index contributed by atoms with van der Waals surface area (Å²) in [5, 5.41) is 3.30. The maximum atomic E-state index is 13.9. The zero-order valence-electron chi connectivity index (χ0n) is 20.6. The summed E-state index contributed by atoms with van der Waals surface area (Å²) >= 11 is 0. The first kappa shape index (κ1) is 23.3. The van der Waals surface area contributed by atoms with E-state index in [1.165, 1.54) is 12.8 Å². The summed E-state index contributed by atoms with van der Waals surface area (Å²) in [4.78, 5) is 29.5. The number of aromatic nitrogens is 1. The third kappa shape index (κ3) is 4.05. The molecule has 0 unspecified atom stereocenters. The zero-order valence-corrected chi connectivity index (χ0v) is 20.6. The van der Waals surface area contributed by atoms with Gasteiger partial charge in [-0.15, -0.1) is 0 Å². The summed E-state index contributed by atoms with van der Waals surface area (Å²) in [7, 11) is 3.16. The zero-order chi connectivity index (χ0) is 24.6. The second kappa shape index (κ2) is 9.32. The number of benzene rings is 1. The van der Waals surface area contributed by atoms with E-state index in [1.807, 2.05) is 35.8 Å². The van der Waals surface area contributed by atoms with E-state index in [0.717, 1.165) is 36.8 Å². The molecule has 1 aromatic carbocycles. The van der Waals surface area contributed by atoms with Crippen LogP contribution < -0.4 is 14.8 Å². The van der Waals surface area contributed by atoms with Gasteiger partial charge in [0.15, 0.2) is 17.1 Å². The first-order valence-corrected chi connectivity index (χ1v) is 12.4. The smallest absolute Gasteiger partial charge is 0.271 e. The summed E-state index contributed by atoms with van der Waals surface area (Å²) in [5.41, 5.74) is 1.65. The minimum absolute atomic E-state index is 0.129. The molecule has 5 rings (SSSR count). The van der Waals surface area contributed by atoms with Crippen LogP contribution in [-0.4, -0.2) is 47.1 Å². The summed E-state index contributed by atoms with van der Waals surface area (Å²) in [5.74, 6) is 0.797. The number of carbonyl (C=O) groups excluding carboxylic acids is 2. The number of hydrogen-bond acceptors (Lipinski definition) is 5. The Kier molecular flexibility index (Phi) is 6.21. The molecule has 8 nitrogen and oxygen atoms in total. The quantitative estimate of drug-likeness (QED) is 0.526. The topological polar surface area (TPSA) is 85.9 Å². The Hall–Kier alpha value is -3.42. The lowest BCUT2D eigenvalue weighted by Gasteiger charge is -2.44. The van der Waals surface area contributed by atoms with Gasteiger partial charge in [-0.1, -0.05) is 37.8 Å². The predicted octanol–water partition coefficient (Wildman–Crippen LogP) is 4.51. The molecule has 2 aliphatic rings. The number of para-hydroxylation sites is 1. The van der Waals surface area contributed by atoms with Crippen LogP contribution in [0.5, 0.6) is 11.5 Å². The largest absolute Gasteiger partial charge is 0.493 e. The van der Waals surface area contributed by atoms with E-state index in [9.17, 15) is 9.59 Å². The SMILES string of the molecule is COc1cccc(CN2C(=O)c3cc4occc4n3C[C@@]2(C)C(=O)NC2CCCCCC2)c1OC. The Morgan fingerprint density at radius 2 is 1.91 bits per heavy atom. The van der Waals surface area contributed by atoms with Crippen molar-refractivity contribution in [3.05, 3.63) is 47.9 Å². The normalized spacial score (nSPS) is 21.0. The molecule has 186 valence electrons. The van der Waals surface area contributed by atoms with Crippen molar-refractivity contribution in [1.29, 1.82) is 0 Å². The van der Waals surface area contributed by atoms with Crippen LogP contribution in [-0.2, 0) is 17.9 Å². The third-order valence-corrected chi connectivity index (χ3v) is 7.54. The number of amides is 2. The van der Waals surface area contributed by atoms with Crippen molar-refractivity contribution >= 4 is 22.9 Å². The standard InChI is InChI=1S/C27H33N3O5/c1-27(26(32)28-19-10-6-4-5-7-11-19)17-29-20-13-14-35-23(20)15-21(29)25(31)30(27)16-18-9-8-12-22(33-2)24(18)34-3/h8-9,12-15,19H,4-7,10-11,16-17H2,1-3H3,(H,28,32)/t27-/m0/s1. The second-order valence-electron chi connectivity index (χ2n) is 9.77. The van der Waals surface area contributed by atoms with E-state index >= 15 is 0 Å². The van der Waals surface area contributed by atoms with Crippen molar-refractivity contribution in [2.45, 2.75) is 70.1 Å². The van der Waals surface area contributed by atoms with Gasteiger partial charge in [-0.05, 0) is 25.8 Å². The number of carbonyl (C=O) groups is 2. The minimum atomic E-state index is -1.10. The molecule has 1 aliphatic carbocycles. The lowest BCUT2D eigenvalue weighted by molar-refractivity contribution is -0.134. The highest BCUT2D eigenvalue weighted by molar-refractivity contribution is 6.03. The molecule has 35 heavy (non-hydrogen) atoms. The number of fused-ring (bicyclic) bond motifs is 3. The van der Waals surface area contributed by atoms with Gasteiger partial charge in [-0.2, -0.15) is 0 Å². The van der Waals surface area contributed by atoms with Gasteiger partial charge in [0.2, 0.25) is 5.91 Å². The van der Waals surface area contributed by atoms with Crippen LogP contribution in [0.4, 0.5) is 0 Å². The van der Waals surface area contributed by atoms with Crippen LogP contribution >= 0.6 is 0 Å². The summed E-state index contributed by atoms with van der Waals surface area (Å²) in [6, 6.07) is 9.32. The summed E-state index contributed by atoms with van der Waals surface area (Å²) < 4.78 is 18.6. The van der Waals surface area contributed by atoms with Crippen molar-refractivity contribution in [2.24, 2.45) is 0 Å². The Morgan fingerprint density at radius 1 is 1.14 bits per heavy atom. The Balaban J connectivity index is 1.55. The molecule has 0 bridgehead atoms. The molecule has 0 radical (unpaired) electrons. The highest BCUT2D eigenvalue weighted by Gasteiger charge is 2.48. The van der Waals surface area contributed by atoms with Crippen LogP contribution in [0.1, 0.15) is 61.5 Å². The maximum absolute atomic E-state index is 13.9. The fourth-order valence-corrected chi connectivity index (χ4v) is 5.53. The first-order chi connectivity index (χ1) is 17.0. The average Bonchev–Trinajstić information content (AvgIpc) is 3.35. The number of nitrogens with zero attached hydrogens (tertiary/aromatic N) is 2. The van der Waals surface area contributed by atoms with Crippen LogP contribution in [0.15, 0.2) is 41.0 Å². The van der Waals surface area contributed by atoms with Crippen molar-refractivity contribution in [1.82, 2.24) is 14.8 Å². The van der Waals surface area contributed by atoms with Crippen LogP contribution in [0.3, 0.4) is 0 Å². The molecule has 3 aromatic rings. The molecule has 1 atom stereocenters. The van der Waals surface area contributed by atoms with Gasteiger partial charge in [-0.25, -0.2) is 0 Å². The van der Waals surface area contributed by atoms with Crippen molar-refractivity contribution in [2.75, 3.05) is 14.2 Å². The molecule has 0 saturated heterocycles. The van der Waals surface area contributed by atoms with E-state index in [4.69, 9.17) is 13.9 Å². The molecule has 3 heterocycles. The van der Waals surface area contributed by atoms with E-state index < -0.39 is 5.54 Å². The summed E-state index contributed by atoms with van der Waals surface area (Å²) in [6.07, 6.45) is 8.19. The molecular weight excluding hydrogens is 446 g/mol. The molecule has 1 N–H and O–H groups in total. The maximum Gasteiger partial charge on any atom is 0.271 e. The van der Waals surface area contributed by atoms with Crippen LogP contribution in [0, 0.1) is 0 Å². The number of furan rings is 1. The number of nitrogens with one attached hydrogen (secondary N) is 1. The Morgan fingerprint density at radius 3 is 2.63 bits per heavy atom. The average molecular weight is 480 g/mol. The van der Waals surface area contributed by atoms with Crippen molar-refractivity contribution in [3.8, 4) is 11.5 Å².